The molecule has 1 aromatic carbocycles. The molecule has 0 atom stereocenters. The zero-order valence-corrected chi connectivity index (χ0v) is 14.2. The van der Waals surface area contributed by atoms with Crippen LogP contribution in [0.2, 0.25) is 0 Å². The van der Waals surface area contributed by atoms with Crippen molar-refractivity contribution in [3.8, 4) is 0 Å². The van der Waals surface area contributed by atoms with Crippen molar-refractivity contribution in [2.45, 2.75) is 58.1 Å². The Morgan fingerprint density at radius 2 is 1.45 bits per heavy atom. The largest absolute Gasteiger partial charge is 0.481 e. The molecule has 1 rings (SSSR count). The number of hydrogen-bond donors (Lipinski definition) is 1. The number of aliphatic carboxylic acids is 1. The number of benzene rings is 1. The first-order chi connectivity index (χ1) is 9.00. The van der Waals surface area contributed by atoms with Crippen LogP contribution in [0.5, 0.6) is 0 Å². The molecule has 0 aliphatic heterocycles. The zero-order valence-electron chi connectivity index (χ0n) is 13.4. The maximum atomic E-state index is 10.6. The fraction of sp³-hybridized carbons (Fsp3) is 0.588. The molecule has 3 heteroatoms. The zero-order chi connectivity index (χ0) is 15.6. The number of carboxylic acid groups (broad SMARTS) is 1. The van der Waals surface area contributed by atoms with Gasteiger partial charge in [-0.15, -0.1) is 11.8 Å². The fourth-order valence-corrected chi connectivity index (χ4v) is 2.58. The molecule has 0 amide bonds. The first kappa shape index (κ1) is 17.1. The van der Waals surface area contributed by atoms with Gasteiger partial charge in [0.1, 0.15) is 0 Å². The Bertz CT molecular complexity index is 446. The van der Waals surface area contributed by atoms with E-state index in [4.69, 9.17) is 5.11 Å². The van der Waals surface area contributed by atoms with Gasteiger partial charge in [0.2, 0.25) is 0 Å². The van der Waals surface area contributed by atoms with Crippen molar-refractivity contribution in [3.63, 3.8) is 0 Å². The van der Waals surface area contributed by atoms with Crippen LogP contribution in [0.25, 0.3) is 0 Å². The molecule has 0 radical (unpaired) electrons. The lowest BCUT2D eigenvalue weighted by molar-refractivity contribution is -0.133. The van der Waals surface area contributed by atoms with E-state index in [-0.39, 0.29) is 16.6 Å². The highest BCUT2D eigenvalue weighted by molar-refractivity contribution is 7.99. The predicted molar refractivity (Wildman–Crippen MR) is 87.6 cm³/mol. The molecule has 0 fully saturated rings. The summed E-state index contributed by atoms with van der Waals surface area (Å²) in [5.74, 6) is 0.155. The second kappa shape index (κ2) is 6.21. The lowest BCUT2D eigenvalue weighted by atomic mass is 9.80. The third-order valence-corrected chi connectivity index (χ3v) is 4.21. The van der Waals surface area contributed by atoms with Crippen LogP contribution in [0, 0.1) is 0 Å². The monoisotopic (exact) mass is 294 g/mol. The number of hydrogen-bond acceptors (Lipinski definition) is 2. The summed E-state index contributed by atoms with van der Waals surface area (Å²) in [6.45, 7) is 13.3. The Morgan fingerprint density at radius 3 is 1.80 bits per heavy atom. The van der Waals surface area contributed by atoms with E-state index in [1.54, 1.807) is 0 Å². The summed E-state index contributed by atoms with van der Waals surface area (Å²) >= 11 is 1.45. The van der Waals surface area contributed by atoms with Gasteiger partial charge in [0.25, 0.3) is 0 Å². The summed E-state index contributed by atoms with van der Waals surface area (Å²) in [6, 6.07) is 6.71. The van der Waals surface area contributed by atoms with Crippen molar-refractivity contribution in [3.05, 3.63) is 34.9 Å². The van der Waals surface area contributed by atoms with E-state index in [9.17, 15) is 4.79 Å². The summed E-state index contributed by atoms with van der Waals surface area (Å²) in [4.78, 5) is 10.6. The quantitative estimate of drug-likeness (QED) is 0.882. The first-order valence-electron chi connectivity index (χ1n) is 6.94. The fourth-order valence-electron chi connectivity index (χ4n) is 1.90. The van der Waals surface area contributed by atoms with Crippen LogP contribution >= 0.6 is 11.8 Å². The lowest BCUT2D eigenvalue weighted by Crippen LogP contribution is -2.17. The van der Waals surface area contributed by atoms with E-state index in [0.717, 1.165) is 5.75 Å². The van der Waals surface area contributed by atoms with Crippen LogP contribution in [0.3, 0.4) is 0 Å². The molecule has 1 aromatic rings. The smallest absolute Gasteiger partial charge is 0.313 e. The highest BCUT2D eigenvalue weighted by Crippen LogP contribution is 2.31. The third-order valence-electron chi connectivity index (χ3n) is 3.22. The van der Waals surface area contributed by atoms with Crippen molar-refractivity contribution in [2.75, 3.05) is 5.75 Å². The second-order valence-corrected chi connectivity index (χ2v) is 8.29. The molecule has 0 aliphatic rings. The Hall–Kier alpha value is -0.960. The standard InChI is InChI=1S/C17H26O2S/c1-16(2,3)13-7-12(10-20-11-15(18)19)8-14(9-13)17(4,5)6/h7-9H,10-11H2,1-6H3,(H,18,19). The molecule has 0 saturated heterocycles. The number of rotatable bonds is 4. The first-order valence-corrected chi connectivity index (χ1v) is 8.10. The minimum atomic E-state index is -0.752. The molecule has 0 unspecified atom stereocenters. The van der Waals surface area contributed by atoms with Gasteiger partial charge in [-0.05, 0) is 27.5 Å². The molecule has 2 nitrogen and oxygen atoms in total. The summed E-state index contributed by atoms with van der Waals surface area (Å²) in [7, 11) is 0. The molecule has 20 heavy (non-hydrogen) atoms. The molecule has 0 heterocycles. The van der Waals surface area contributed by atoms with Crippen LogP contribution in [0.15, 0.2) is 18.2 Å². The molecular weight excluding hydrogens is 268 g/mol. The average Bonchev–Trinajstić information content (AvgIpc) is 2.25. The molecule has 0 spiro atoms. The van der Waals surface area contributed by atoms with Crippen LogP contribution < -0.4 is 0 Å². The normalized spacial score (nSPS) is 12.5. The summed E-state index contributed by atoms with van der Waals surface area (Å²) in [5.41, 5.74) is 4.06. The van der Waals surface area contributed by atoms with Gasteiger partial charge in [0, 0.05) is 5.75 Å². The molecule has 0 aromatic heterocycles. The molecule has 1 N–H and O–H groups in total. The minimum absolute atomic E-state index is 0.105. The van der Waals surface area contributed by atoms with Crippen LogP contribution in [-0.2, 0) is 21.4 Å². The molecular formula is C17H26O2S. The minimum Gasteiger partial charge on any atom is -0.481 e. The third kappa shape index (κ3) is 5.20. The maximum Gasteiger partial charge on any atom is 0.313 e. The van der Waals surface area contributed by atoms with Crippen LogP contribution in [0.1, 0.15) is 58.2 Å². The van der Waals surface area contributed by atoms with Crippen molar-refractivity contribution < 1.29 is 9.90 Å². The van der Waals surface area contributed by atoms with Crippen molar-refractivity contribution in [2.24, 2.45) is 0 Å². The predicted octanol–water partition coefficient (Wildman–Crippen LogP) is 4.60. The van der Waals surface area contributed by atoms with Gasteiger partial charge in [-0.2, -0.15) is 0 Å². The van der Waals surface area contributed by atoms with Gasteiger partial charge >= 0.3 is 5.97 Å². The lowest BCUT2D eigenvalue weighted by Gasteiger charge is -2.26. The van der Waals surface area contributed by atoms with E-state index >= 15 is 0 Å². The Labute approximate surface area is 127 Å². The summed E-state index contributed by atoms with van der Waals surface area (Å²) < 4.78 is 0. The summed E-state index contributed by atoms with van der Waals surface area (Å²) in [6.07, 6.45) is 0. The summed E-state index contributed by atoms with van der Waals surface area (Å²) in [5, 5.41) is 8.74. The van der Waals surface area contributed by atoms with Gasteiger partial charge in [-0.1, -0.05) is 59.7 Å². The Kier molecular flexibility index (Phi) is 5.31. The number of thioether (sulfide) groups is 1. The van der Waals surface area contributed by atoms with E-state index < -0.39 is 5.97 Å². The average molecular weight is 294 g/mol. The second-order valence-electron chi connectivity index (χ2n) is 7.31. The van der Waals surface area contributed by atoms with Gasteiger partial charge in [0.05, 0.1) is 5.75 Å². The number of carboxylic acids is 1. The molecule has 0 saturated carbocycles. The van der Waals surface area contributed by atoms with Crippen molar-refractivity contribution in [1.82, 2.24) is 0 Å². The Morgan fingerprint density at radius 1 is 1.00 bits per heavy atom. The van der Waals surface area contributed by atoms with Gasteiger partial charge in [-0.25, -0.2) is 0 Å². The van der Waals surface area contributed by atoms with E-state index in [1.807, 2.05) is 0 Å². The van der Waals surface area contributed by atoms with E-state index in [2.05, 4.69) is 59.7 Å². The highest BCUT2D eigenvalue weighted by atomic mass is 32.2. The van der Waals surface area contributed by atoms with Crippen molar-refractivity contribution in [1.29, 1.82) is 0 Å². The van der Waals surface area contributed by atoms with E-state index in [0.29, 0.717) is 0 Å². The Balaban J connectivity index is 3.08. The van der Waals surface area contributed by atoms with E-state index in [1.165, 1.54) is 28.5 Å². The highest BCUT2D eigenvalue weighted by Gasteiger charge is 2.20. The molecule has 112 valence electrons. The number of carbonyl (C=O) groups is 1. The topological polar surface area (TPSA) is 37.3 Å². The van der Waals surface area contributed by atoms with Gasteiger partial charge in [0.15, 0.2) is 0 Å². The molecule has 0 bridgehead atoms. The molecule has 0 aliphatic carbocycles. The van der Waals surface area contributed by atoms with Gasteiger partial charge < -0.3 is 5.11 Å². The van der Waals surface area contributed by atoms with Crippen molar-refractivity contribution >= 4 is 17.7 Å². The maximum absolute atomic E-state index is 10.6. The van der Waals surface area contributed by atoms with Crippen LogP contribution in [0.4, 0.5) is 0 Å². The van der Waals surface area contributed by atoms with Crippen LogP contribution in [-0.4, -0.2) is 16.8 Å². The van der Waals surface area contributed by atoms with Gasteiger partial charge in [-0.3, -0.25) is 4.79 Å². The SMILES string of the molecule is CC(C)(C)c1cc(CSCC(=O)O)cc(C(C)(C)C)c1.